The van der Waals surface area contributed by atoms with Crippen LogP contribution in [0.15, 0.2) is 41.3 Å². The van der Waals surface area contributed by atoms with Gasteiger partial charge in [-0.05, 0) is 43.3 Å². The molecule has 22 heavy (non-hydrogen) atoms. The van der Waals surface area contributed by atoms with Gasteiger partial charge < -0.3 is 0 Å². The smallest absolute Gasteiger partial charge is 0.261 e. The average Bonchev–Trinajstić information content (AvgIpc) is 2.83. The maximum absolute atomic E-state index is 12.4. The number of sulfonamides is 1. The molecule has 0 fully saturated rings. The van der Waals surface area contributed by atoms with Gasteiger partial charge in [0, 0.05) is 11.1 Å². The number of aromatic amines is 1. The monoisotopic (exact) mass is 355 g/mol. The van der Waals surface area contributed by atoms with Crippen LogP contribution in [0, 0.1) is 6.92 Å². The Morgan fingerprint density at radius 2 is 1.86 bits per heavy atom. The number of fused-ring (bicyclic) bond motifs is 1. The molecule has 5 nitrogen and oxygen atoms in total. The molecule has 1 aromatic heterocycles. The van der Waals surface area contributed by atoms with Gasteiger partial charge in [0.2, 0.25) is 0 Å². The van der Waals surface area contributed by atoms with E-state index in [0.29, 0.717) is 10.7 Å². The maximum atomic E-state index is 12.4. The number of aromatic nitrogens is 2. The predicted octanol–water partition coefficient (Wildman–Crippen LogP) is 3.98. The molecule has 0 aliphatic heterocycles. The van der Waals surface area contributed by atoms with Crippen molar-refractivity contribution < 1.29 is 8.42 Å². The largest absolute Gasteiger partial charge is 0.280 e. The standard InChI is InChI=1S/C14H11Cl2N3O2S/c1-8-11-6-9(2-5-14(11)18-17-8)19-22(20,21)10-3-4-12(15)13(16)7-10/h2-7,19H,1H3,(H,17,18). The summed E-state index contributed by atoms with van der Waals surface area (Å²) in [5, 5.41) is 8.29. The van der Waals surface area contributed by atoms with Crippen LogP contribution >= 0.6 is 23.2 Å². The molecule has 0 saturated heterocycles. The Hall–Kier alpha value is -1.76. The minimum atomic E-state index is -3.74. The Labute approximate surface area is 137 Å². The molecule has 1 heterocycles. The Balaban J connectivity index is 1.98. The van der Waals surface area contributed by atoms with E-state index in [1.54, 1.807) is 18.2 Å². The summed E-state index contributed by atoms with van der Waals surface area (Å²) in [5.74, 6) is 0. The highest BCUT2D eigenvalue weighted by molar-refractivity contribution is 7.92. The summed E-state index contributed by atoms with van der Waals surface area (Å²) in [6, 6.07) is 9.31. The highest BCUT2D eigenvalue weighted by Crippen LogP contribution is 2.27. The Kier molecular flexibility index (Phi) is 3.76. The van der Waals surface area contributed by atoms with Crippen LogP contribution in [0.4, 0.5) is 5.69 Å². The molecule has 114 valence electrons. The van der Waals surface area contributed by atoms with E-state index >= 15 is 0 Å². The van der Waals surface area contributed by atoms with E-state index in [9.17, 15) is 8.42 Å². The van der Waals surface area contributed by atoms with Crippen LogP contribution < -0.4 is 4.72 Å². The van der Waals surface area contributed by atoms with Crippen molar-refractivity contribution in [2.75, 3.05) is 4.72 Å². The highest BCUT2D eigenvalue weighted by atomic mass is 35.5. The molecule has 2 aromatic carbocycles. The first-order chi connectivity index (χ1) is 10.4. The van der Waals surface area contributed by atoms with Crippen molar-refractivity contribution in [1.82, 2.24) is 10.2 Å². The third-order valence-corrected chi connectivity index (χ3v) is 5.32. The number of benzene rings is 2. The molecule has 3 rings (SSSR count). The maximum Gasteiger partial charge on any atom is 0.261 e. The second-order valence-corrected chi connectivity index (χ2v) is 7.25. The lowest BCUT2D eigenvalue weighted by Gasteiger charge is -2.09. The second kappa shape index (κ2) is 5.46. The molecular formula is C14H11Cl2N3O2S. The number of hydrogen-bond donors (Lipinski definition) is 2. The van der Waals surface area contributed by atoms with Crippen molar-refractivity contribution in [3.05, 3.63) is 52.1 Å². The zero-order valence-electron chi connectivity index (χ0n) is 11.4. The molecular weight excluding hydrogens is 345 g/mol. The van der Waals surface area contributed by atoms with Crippen molar-refractivity contribution >= 4 is 49.8 Å². The van der Waals surface area contributed by atoms with Crippen LogP contribution in [0.2, 0.25) is 10.0 Å². The number of rotatable bonds is 3. The summed E-state index contributed by atoms with van der Waals surface area (Å²) in [6.07, 6.45) is 0. The van der Waals surface area contributed by atoms with Gasteiger partial charge in [-0.3, -0.25) is 9.82 Å². The zero-order chi connectivity index (χ0) is 15.9. The lowest BCUT2D eigenvalue weighted by molar-refractivity contribution is 0.601. The number of halogens is 2. The van der Waals surface area contributed by atoms with Gasteiger partial charge in [-0.15, -0.1) is 0 Å². The molecule has 0 bridgehead atoms. The first-order valence-electron chi connectivity index (χ1n) is 6.29. The molecule has 0 atom stereocenters. The van der Waals surface area contributed by atoms with E-state index in [4.69, 9.17) is 23.2 Å². The molecule has 8 heteroatoms. The normalized spacial score (nSPS) is 11.8. The topological polar surface area (TPSA) is 74.8 Å². The van der Waals surface area contributed by atoms with Crippen molar-refractivity contribution in [2.24, 2.45) is 0 Å². The summed E-state index contributed by atoms with van der Waals surface area (Å²) in [4.78, 5) is 0.0471. The molecule has 0 radical (unpaired) electrons. The first kappa shape index (κ1) is 15.1. The van der Waals surface area contributed by atoms with Gasteiger partial charge in [-0.1, -0.05) is 23.2 Å². The van der Waals surface area contributed by atoms with E-state index in [-0.39, 0.29) is 9.92 Å². The van der Waals surface area contributed by atoms with Crippen LogP contribution in [-0.4, -0.2) is 18.6 Å². The summed E-state index contributed by atoms with van der Waals surface area (Å²) in [6.45, 7) is 1.84. The number of nitrogens with one attached hydrogen (secondary N) is 2. The molecule has 0 aliphatic carbocycles. The van der Waals surface area contributed by atoms with E-state index in [1.165, 1.54) is 18.2 Å². The van der Waals surface area contributed by atoms with Crippen LogP contribution in [0.1, 0.15) is 5.69 Å². The summed E-state index contributed by atoms with van der Waals surface area (Å²) >= 11 is 11.7. The van der Waals surface area contributed by atoms with E-state index in [1.807, 2.05) is 6.92 Å². The van der Waals surface area contributed by atoms with Gasteiger partial charge in [0.05, 0.1) is 26.2 Å². The fourth-order valence-corrected chi connectivity index (χ4v) is 3.51. The van der Waals surface area contributed by atoms with Crippen molar-refractivity contribution in [3.63, 3.8) is 0 Å². The average molecular weight is 356 g/mol. The van der Waals surface area contributed by atoms with E-state index in [2.05, 4.69) is 14.9 Å². The zero-order valence-corrected chi connectivity index (χ0v) is 13.7. The Morgan fingerprint density at radius 3 is 2.59 bits per heavy atom. The van der Waals surface area contributed by atoms with Gasteiger partial charge in [0.25, 0.3) is 10.0 Å². The SMILES string of the molecule is Cc1n[nH]c2ccc(NS(=O)(=O)c3ccc(Cl)c(Cl)c3)cc12. The van der Waals surface area contributed by atoms with Crippen molar-refractivity contribution in [1.29, 1.82) is 0 Å². The minimum absolute atomic E-state index is 0.0471. The van der Waals surface area contributed by atoms with Gasteiger partial charge in [-0.2, -0.15) is 5.10 Å². The molecule has 2 N–H and O–H groups in total. The summed E-state index contributed by atoms with van der Waals surface area (Å²) in [7, 11) is -3.74. The lowest BCUT2D eigenvalue weighted by Crippen LogP contribution is -2.12. The van der Waals surface area contributed by atoms with Crippen LogP contribution in [0.3, 0.4) is 0 Å². The molecule has 0 aliphatic rings. The lowest BCUT2D eigenvalue weighted by atomic mass is 10.2. The van der Waals surface area contributed by atoms with Gasteiger partial charge in [0.1, 0.15) is 0 Å². The molecule has 0 unspecified atom stereocenters. The summed E-state index contributed by atoms with van der Waals surface area (Å²) < 4.78 is 27.3. The fourth-order valence-electron chi connectivity index (χ4n) is 2.07. The minimum Gasteiger partial charge on any atom is -0.280 e. The van der Waals surface area contributed by atoms with Gasteiger partial charge in [-0.25, -0.2) is 8.42 Å². The molecule has 3 aromatic rings. The van der Waals surface area contributed by atoms with Crippen LogP contribution in [-0.2, 0) is 10.0 Å². The quantitative estimate of drug-likeness (QED) is 0.745. The summed E-state index contributed by atoms with van der Waals surface area (Å²) in [5.41, 5.74) is 2.09. The van der Waals surface area contributed by atoms with Crippen molar-refractivity contribution in [2.45, 2.75) is 11.8 Å². The van der Waals surface area contributed by atoms with Crippen LogP contribution in [0.5, 0.6) is 0 Å². The molecule has 0 saturated carbocycles. The van der Waals surface area contributed by atoms with Crippen LogP contribution in [0.25, 0.3) is 10.9 Å². The van der Waals surface area contributed by atoms with Gasteiger partial charge in [0.15, 0.2) is 0 Å². The number of H-pyrrole nitrogens is 1. The van der Waals surface area contributed by atoms with E-state index < -0.39 is 10.0 Å². The second-order valence-electron chi connectivity index (χ2n) is 4.75. The number of anilines is 1. The number of aryl methyl sites for hydroxylation is 1. The molecule has 0 spiro atoms. The van der Waals surface area contributed by atoms with Crippen molar-refractivity contribution in [3.8, 4) is 0 Å². The highest BCUT2D eigenvalue weighted by Gasteiger charge is 2.16. The first-order valence-corrected chi connectivity index (χ1v) is 8.53. The third kappa shape index (κ3) is 2.77. The number of hydrogen-bond acceptors (Lipinski definition) is 3. The fraction of sp³-hybridized carbons (Fsp3) is 0.0714. The predicted molar refractivity (Wildman–Crippen MR) is 88.1 cm³/mol. The van der Waals surface area contributed by atoms with Gasteiger partial charge >= 0.3 is 0 Å². The molecule has 0 amide bonds. The Morgan fingerprint density at radius 1 is 1.09 bits per heavy atom. The number of nitrogens with zero attached hydrogens (tertiary/aromatic N) is 1. The third-order valence-electron chi connectivity index (χ3n) is 3.21. The Bertz CT molecular complexity index is 967. The van der Waals surface area contributed by atoms with E-state index in [0.717, 1.165) is 16.6 Å².